The van der Waals surface area contributed by atoms with Gasteiger partial charge in [-0.25, -0.2) is 0 Å². The number of halogens is 4. The van der Waals surface area contributed by atoms with E-state index in [9.17, 15) is 18.3 Å². The highest BCUT2D eigenvalue weighted by atomic mass is 35.5. The lowest BCUT2D eigenvalue weighted by Gasteiger charge is -2.22. The molecule has 1 aromatic carbocycles. The molecule has 0 fully saturated rings. The number of benzene rings is 1. The van der Waals surface area contributed by atoms with Crippen LogP contribution in [0.5, 0.6) is 0 Å². The Kier molecular flexibility index (Phi) is 4.87. The molecule has 1 aromatic rings. The summed E-state index contributed by atoms with van der Waals surface area (Å²) in [6.07, 6.45) is -5.73. The fourth-order valence-corrected chi connectivity index (χ4v) is 1.84. The number of anilines is 1. The summed E-state index contributed by atoms with van der Waals surface area (Å²) >= 11 is 5.98. The van der Waals surface area contributed by atoms with E-state index in [1.54, 1.807) is 32.2 Å². The van der Waals surface area contributed by atoms with Crippen molar-refractivity contribution in [1.82, 2.24) is 0 Å². The molecule has 1 N–H and O–H groups in total. The predicted molar refractivity (Wildman–Crippen MR) is 66.0 cm³/mol. The molecule has 102 valence electrons. The second kappa shape index (κ2) is 5.80. The first-order chi connectivity index (χ1) is 8.20. The minimum atomic E-state index is -4.18. The fraction of sp³-hybridized carbons (Fsp3) is 0.500. The summed E-state index contributed by atoms with van der Waals surface area (Å²) < 4.78 is 36.3. The van der Waals surface area contributed by atoms with Gasteiger partial charge in [0.05, 0.1) is 23.2 Å². The van der Waals surface area contributed by atoms with Crippen molar-refractivity contribution in [1.29, 1.82) is 0 Å². The molecule has 2 nitrogen and oxygen atoms in total. The highest BCUT2D eigenvalue weighted by molar-refractivity contribution is 6.33. The Hall–Kier alpha value is -0.940. The quantitative estimate of drug-likeness (QED) is 0.908. The van der Waals surface area contributed by atoms with E-state index in [1.807, 2.05) is 0 Å². The Balaban J connectivity index is 2.77. The molecule has 0 aliphatic rings. The number of rotatable bonds is 4. The number of hydrogen-bond acceptors (Lipinski definition) is 2. The van der Waals surface area contributed by atoms with E-state index in [4.69, 9.17) is 11.6 Å². The first kappa shape index (κ1) is 15.1. The number of aliphatic hydroxyl groups excluding tert-OH is 1. The van der Waals surface area contributed by atoms with Gasteiger partial charge in [-0.1, -0.05) is 17.7 Å². The molecular weight excluding hydrogens is 267 g/mol. The van der Waals surface area contributed by atoms with Crippen molar-refractivity contribution in [2.45, 2.75) is 25.6 Å². The summed E-state index contributed by atoms with van der Waals surface area (Å²) in [4.78, 5) is 1.45. The Morgan fingerprint density at radius 1 is 1.39 bits per heavy atom. The van der Waals surface area contributed by atoms with Crippen LogP contribution in [-0.2, 0) is 0 Å². The topological polar surface area (TPSA) is 23.5 Å². The van der Waals surface area contributed by atoms with Crippen LogP contribution in [0.15, 0.2) is 18.2 Å². The number of alkyl halides is 3. The van der Waals surface area contributed by atoms with Gasteiger partial charge in [-0.05, 0) is 24.6 Å². The monoisotopic (exact) mass is 281 g/mol. The fourth-order valence-electron chi connectivity index (χ4n) is 1.51. The Morgan fingerprint density at radius 2 is 2.00 bits per heavy atom. The van der Waals surface area contributed by atoms with E-state index in [-0.39, 0.29) is 6.54 Å². The molecule has 1 rings (SSSR count). The van der Waals surface area contributed by atoms with Crippen LogP contribution >= 0.6 is 11.6 Å². The molecule has 0 saturated heterocycles. The lowest BCUT2D eigenvalue weighted by atomic mass is 10.1. The zero-order chi connectivity index (χ0) is 13.9. The van der Waals surface area contributed by atoms with E-state index >= 15 is 0 Å². The standard InChI is InChI=1S/C12H15ClF3NO/c1-8(18)9-3-4-11(10(13)7-9)17(2)6-5-12(14,15)16/h3-4,7-8,18H,5-6H2,1-2H3. The molecule has 0 radical (unpaired) electrons. The summed E-state index contributed by atoms with van der Waals surface area (Å²) in [5.74, 6) is 0. The van der Waals surface area contributed by atoms with Gasteiger partial charge in [0.2, 0.25) is 0 Å². The molecular formula is C12H15ClF3NO. The Labute approximate surface area is 109 Å². The Bertz CT molecular complexity index is 407. The van der Waals surface area contributed by atoms with E-state index in [0.717, 1.165) is 0 Å². The largest absolute Gasteiger partial charge is 0.390 e. The van der Waals surface area contributed by atoms with Gasteiger partial charge in [0.1, 0.15) is 0 Å². The van der Waals surface area contributed by atoms with Crippen LogP contribution in [0, 0.1) is 0 Å². The van der Waals surface area contributed by atoms with Crippen molar-refractivity contribution in [2.75, 3.05) is 18.5 Å². The molecule has 0 aromatic heterocycles. The summed E-state index contributed by atoms with van der Waals surface area (Å²) in [5.41, 5.74) is 1.15. The molecule has 0 heterocycles. The molecule has 1 unspecified atom stereocenters. The predicted octanol–water partition coefficient (Wildman–Crippen LogP) is 3.78. The van der Waals surface area contributed by atoms with Crippen LogP contribution in [-0.4, -0.2) is 24.9 Å². The van der Waals surface area contributed by atoms with Gasteiger partial charge in [0.25, 0.3) is 0 Å². The molecule has 0 saturated carbocycles. The second-order valence-electron chi connectivity index (χ2n) is 4.17. The van der Waals surface area contributed by atoms with E-state index < -0.39 is 18.7 Å². The van der Waals surface area contributed by atoms with Crippen LogP contribution in [0.4, 0.5) is 18.9 Å². The van der Waals surface area contributed by atoms with Gasteiger partial charge in [0.15, 0.2) is 0 Å². The highest BCUT2D eigenvalue weighted by Gasteiger charge is 2.27. The molecule has 0 amide bonds. The molecule has 18 heavy (non-hydrogen) atoms. The zero-order valence-corrected chi connectivity index (χ0v) is 10.9. The second-order valence-corrected chi connectivity index (χ2v) is 4.58. The Morgan fingerprint density at radius 3 is 2.44 bits per heavy atom. The van der Waals surface area contributed by atoms with Crippen LogP contribution in [0.2, 0.25) is 5.02 Å². The van der Waals surface area contributed by atoms with Crippen LogP contribution in [0.25, 0.3) is 0 Å². The van der Waals surface area contributed by atoms with Gasteiger partial charge in [-0.2, -0.15) is 13.2 Å². The zero-order valence-electron chi connectivity index (χ0n) is 10.1. The minimum Gasteiger partial charge on any atom is -0.389 e. The summed E-state index contributed by atoms with van der Waals surface area (Å²) in [6, 6.07) is 4.82. The normalized spacial score (nSPS) is 13.5. The van der Waals surface area contributed by atoms with Gasteiger partial charge in [-0.3, -0.25) is 0 Å². The average Bonchev–Trinajstić information content (AvgIpc) is 2.24. The highest BCUT2D eigenvalue weighted by Crippen LogP contribution is 2.29. The summed E-state index contributed by atoms with van der Waals surface area (Å²) in [5, 5.41) is 9.70. The molecule has 0 aliphatic heterocycles. The third-order valence-electron chi connectivity index (χ3n) is 2.60. The van der Waals surface area contributed by atoms with Crippen molar-refractivity contribution in [3.63, 3.8) is 0 Å². The molecule has 0 spiro atoms. The summed E-state index contributed by atoms with van der Waals surface area (Å²) in [6.45, 7) is 1.44. The van der Waals surface area contributed by atoms with Gasteiger partial charge >= 0.3 is 6.18 Å². The van der Waals surface area contributed by atoms with Gasteiger partial charge in [-0.15, -0.1) is 0 Å². The van der Waals surface area contributed by atoms with E-state index in [2.05, 4.69) is 0 Å². The van der Waals surface area contributed by atoms with Crippen molar-refractivity contribution in [2.24, 2.45) is 0 Å². The molecule has 0 aliphatic carbocycles. The maximum atomic E-state index is 12.1. The molecule has 1 atom stereocenters. The first-order valence-corrected chi connectivity index (χ1v) is 5.84. The number of aliphatic hydroxyl groups is 1. The lowest BCUT2D eigenvalue weighted by Crippen LogP contribution is -2.24. The SMILES string of the molecule is CC(O)c1ccc(N(C)CCC(F)(F)F)c(Cl)c1. The van der Waals surface area contributed by atoms with Crippen LogP contribution < -0.4 is 4.90 Å². The number of hydrogen-bond donors (Lipinski definition) is 1. The first-order valence-electron chi connectivity index (χ1n) is 5.46. The van der Waals surface area contributed by atoms with Crippen LogP contribution in [0.1, 0.15) is 25.0 Å². The van der Waals surface area contributed by atoms with Crippen molar-refractivity contribution in [3.05, 3.63) is 28.8 Å². The van der Waals surface area contributed by atoms with Crippen molar-refractivity contribution >= 4 is 17.3 Å². The number of nitrogens with zero attached hydrogens (tertiary/aromatic N) is 1. The van der Waals surface area contributed by atoms with Crippen molar-refractivity contribution in [3.8, 4) is 0 Å². The maximum absolute atomic E-state index is 12.1. The van der Waals surface area contributed by atoms with Crippen molar-refractivity contribution < 1.29 is 18.3 Å². The maximum Gasteiger partial charge on any atom is 0.390 e. The van der Waals surface area contributed by atoms with Gasteiger partial charge in [0, 0.05) is 13.6 Å². The van der Waals surface area contributed by atoms with E-state index in [0.29, 0.717) is 16.3 Å². The van der Waals surface area contributed by atoms with E-state index in [1.165, 1.54) is 4.90 Å². The summed E-state index contributed by atoms with van der Waals surface area (Å²) in [7, 11) is 1.55. The third kappa shape index (κ3) is 4.38. The lowest BCUT2D eigenvalue weighted by molar-refractivity contribution is -0.132. The average molecular weight is 282 g/mol. The van der Waals surface area contributed by atoms with Crippen LogP contribution in [0.3, 0.4) is 0 Å². The minimum absolute atomic E-state index is 0.156. The van der Waals surface area contributed by atoms with Gasteiger partial charge < -0.3 is 10.0 Å². The molecule has 6 heteroatoms. The smallest absolute Gasteiger partial charge is 0.389 e. The third-order valence-corrected chi connectivity index (χ3v) is 2.90. The molecule has 0 bridgehead atoms.